The first-order valence-corrected chi connectivity index (χ1v) is 9.92. The summed E-state index contributed by atoms with van der Waals surface area (Å²) in [7, 11) is 1.77. The maximum absolute atomic E-state index is 5.42. The Kier molecular flexibility index (Phi) is 4.93. The van der Waals surface area contributed by atoms with E-state index in [1.807, 2.05) is 0 Å². The highest BCUT2D eigenvalue weighted by atomic mass is 16.5. The van der Waals surface area contributed by atoms with Crippen LogP contribution in [0, 0.1) is 11.8 Å². The van der Waals surface area contributed by atoms with Crippen molar-refractivity contribution in [3.8, 4) is 5.75 Å². The normalized spacial score (nSPS) is 28.5. The predicted molar refractivity (Wildman–Crippen MR) is 99.5 cm³/mol. The highest BCUT2D eigenvalue weighted by Gasteiger charge is 2.31. The molecule has 0 aromatic heterocycles. The van der Waals surface area contributed by atoms with E-state index in [2.05, 4.69) is 35.3 Å². The summed E-state index contributed by atoms with van der Waals surface area (Å²) in [4.78, 5) is 2.77. The number of hydrogen-bond donors (Lipinski definition) is 0. The van der Waals surface area contributed by atoms with Crippen LogP contribution in [0.15, 0.2) is 30.4 Å². The zero-order valence-corrected chi connectivity index (χ0v) is 15.0. The molecule has 1 aromatic rings. The van der Waals surface area contributed by atoms with Gasteiger partial charge in [0.15, 0.2) is 0 Å². The van der Waals surface area contributed by atoms with Crippen LogP contribution in [0.5, 0.6) is 5.75 Å². The summed E-state index contributed by atoms with van der Waals surface area (Å²) in [5.74, 6) is 2.80. The van der Waals surface area contributed by atoms with Crippen LogP contribution in [0.4, 0.5) is 0 Å². The Morgan fingerprint density at radius 1 is 1.04 bits per heavy atom. The molecule has 1 saturated heterocycles. The van der Waals surface area contributed by atoms with Crippen molar-refractivity contribution in [2.24, 2.45) is 11.8 Å². The van der Waals surface area contributed by atoms with Crippen LogP contribution < -0.4 is 4.74 Å². The van der Waals surface area contributed by atoms with Gasteiger partial charge < -0.3 is 4.74 Å². The first kappa shape index (κ1) is 16.2. The monoisotopic (exact) mass is 325 g/mol. The summed E-state index contributed by atoms with van der Waals surface area (Å²) >= 11 is 0. The molecule has 0 amide bonds. The summed E-state index contributed by atoms with van der Waals surface area (Å²) < 4.78 is 5.42. The molecule has 4 rings (SSSR count). The lowest BCUT2D eigenvalue weighted by molar-refractivity contribution is 0.104. The third-order valence-corrected chi connectivity index (χ3v) is 6.54. The summed E-state index contributed by atoms with van der Waals surface area (Å²) in [5, 5.41) is 0. The number of likely N-dealkylation sites (tertiary alicyclic amines) is 1. The quantitative estimate of drug-likeness (QED) is 0.713. The smallest absolute Gasteiger partial charge is 0.119 e. The van der Waals surface area contributed by atoms with Crippen molar-refractivity contribution in [2.45, 2.75) is 57.4 Å². The lowest BCUT2D eigenvalue weighted by atomic mass is 9.78. The van der Waals surface area contributed by atoms with Crippen LogP contribution in [0.2, 0.25) is 0 Å². The Balaban J connectivity index is 1.43. The second kappa shape index (κ2) is 7.31. The average Bonchev–Trinajstić information content (AvgIpc) is 2.68. The van der Waals surface area contributed by atoms with Gasteiger partial charge in [0, 0.05) is 6.04 Å². The standard InChI is InChI=1S/C22H31NO/c1-24-20-10-11-21-19(16-20)8-5-9-22(21)23-14-12-18(13-15-23)17-6-3-2-4-7-17/h3,6,10-11,16-18,22H,2,4-5,7-9,12-15H2,1H3. The van der Waals surface area contributed by atoms with E-state index >= 15 is 0 Å². The Labute approximate surface area is 146 Å². The van der Waals surface area contributed by atoms with Crippen molar-refractivity contribution in [1.82, 2.24) is 4.90 Å². The summed E-state index contributed by atoms with van der Waals surface area (Å²) in [6.07, 6.45) is 15.7. The van der Waals surface area contributed by atoms with E-state index in [9.17, 15) is 0 Å². The Bertz CT molecular complexity index is 586. The number of ether oxygens (including phenoxy) is 1. The van der Waals surface area contributed by atoms with Crippen molar-refractivity contribution in [2.75, 3.05) is 20.2 Å². The van der Waals surface area contributed by atoms with E-state index in [1.165, 1.54) is 70.0 Å². The maximum Gasteiger partial charge on any atom is 0.119 e. The minimum Gasteiger partial charge on any atom is -0.497 e. The Morgan fingerprint density at radius 2 is 1.92 bits per heavy atom. The average molecular weight is 325 g/mol. The molecule has 24 heavy (non-hydrogen) atoms. The lowest BCUT2D eigenvalue weighted by Crippen LogP contribution is -2.39. The van der Waals surface area contributed by atoms with E-state index in [0.29, 0.717) is 6.04 Å². The molecular formula is C22H31NO. The number of benzene rings is 1. The minimum atomic E-state index is 0.641. The van der Waals surface area contributed by atoms with E-state index in [-0.39, 0.29) is 0 Å². The van der Waals surface area contributed by atoms with Gasteiger partial charge in [-0.2, -0.15) is 0 Å². The van der Waals surface area contributed by atoms with Crippen molar-refractivity contribution < 1.29 is 4.74 Å². The first-order valence-electron chi connectivity index (χ1n) is 9.92. The van der Waals surface area contributed by atoms with Gasteiger partial charge in [-0.3, -0.25) is 4.90 Å². The van der Waals surface area contributed by atoms with Gasteiger partial charge in [-0.15, -0.1) is 0 Å². The number of hydrogen-bond acceptors (Lipinski definition) is 2. The molecule has 1 aliphatic heterocycles. The fourth-order valence-corrected chi connectivity index (χ4v) is 5.16. The molecule has 1 fully saturated rings. The molecule has 1 aromatic carbocycles. The lowest BCUT2D eigenvalue weighted by Gasteiger charge is -2.42. The largest absolute Gasteiger partial charge is 0.497 e. The number of piperidine rings is 1. The molecule has 0 radical (unpaired) electrons. The highest BCUT2D eigenvalue weighted by Crippen LogP contribution is 2.39. The molecular weight excluding hydrogens is 294 g/mol. The van der Waals surface area contributed by atoms with E-state index in [4.69, 9.17) is 4.74 Å². The highest BCUT2D eigenvalue weighted by molar-refractivity contribution is 5.39. The number of allylic oxidation sites excluding steroid dienone is 2. The molecule has 2 aliphatic carbocycles. The molecule has 2 nitrogen and oxygen atoms in total. The van der Waals surface area contributed by atoms with Crippen LogP contribution in [0.3, 0.4) is 0 Å². The van der Waals surface area contributed by atoms with Gasteiger partial charge in [0.05, 0.1) is 7.11 Å². The second-order valence-corrected chi connectivity index (χ2v) is 7.87. The van der Waals surface area contributed by atoms with Gasteiger partial charge in [0.25, 0.3) is 0 Å². The molecule has 130 valence electrons. The number of aryl methyl sites for hydroxylation is 1. The van der Waals surface area contributed by atoms with Gasteiger partial charge >= 0.3 is 0 Å². The second-order valence-electron chi connectivity index (χ2n) is 7.87. The van der Waals surface area contributed by atoms with Gasteiger partial charge in [-0.25, -0.2) is 0 Å². The van der Waals surface area contributed by atoms with Gasteiger partial charge in [0.2, 0.25) is 0 Å². The van der Waals surface area contributed by atoms with Crippen LogP contribution in [0.25, 0.3) is 0 Å². The van der Waals surface area contributed by atoms with Crippen LogP contribution in [-0.2, 0) is 6.42 Å². The molecule has 3 aliphatic rings. The van der Waals surface area contributed by atoms with Crippen molar-refractivity contribution in [3.05, 3.63) is 41.5 Å². The molecule has 1 heterocycles. The maximum atomic E-state index is 5.42. The summed E-state index contributed by atoms with van der Waals surface area (Å²) in [6, 6.07) is 7.38. The van der Waals surface area contributed by atoms with E-state index < -0.39 is 0 Å². The molecule has 0 saturated carbocycles. The van der Waals surface area contributed by atoms with E-state index in [1.54, 1.807) is 12.7 Å². The predicted octanol–water partition coefficient (Wildman–Crippen LogP) is 5.14. The third-order valence-electron chi connectivity index (χ3n) is 6.54. The molecule has 2 atom stereocenters. The number of nitrogens with zero attached hydrogens (tertiary/aromatic N) is 1. The number of rotatable bonds is 3. The molecule has 0 spiro atoms. The molecule has 0 bridgehead atoms. The Hall–Kier alpha value is -1.28. The minimum absolute atomic E-state index is 0.641. The first-order chi connectivity index (χ1) is 11.8. The van der Waals surface area contributed by atoms with Crippen molar-refractivity contribution in [3.63, 3.8) is 0 Å². The summed E-state index contributed by atoms with van der Waals surface area (Å²) in [6.45, 7) is 2.57. The molecule has 2 heteroatoms. The topological polar surface area (TPSA) is 12.5 Å². The number of fused-ring (bicyclic) bond motifs is 1. The van der Waals surface area contributed by atoms with Crippen LogP contribution in [0.1, 0.15) is 62.1 Å². The van der Waals surface area contributed by atoms with Crippen LogP contribution in [-0.4, -0.2) is 25.1 Å². The van der Waals surface area contributed by atoms with Gasteiger partial charge in [-0.1, -0.05) is 18.2 Å². The summed E-state index contributed by atoms with van der Waals surface area (Å²) in [5.41, 5.74) is 3.08. The Morgan fingerprint density at radius 3 is 2.67 bits per heavy atom. The van der Waals surface area contributed by atoms with Crippen molar-refractivity contribution >= 4 is 0 Å². The third kappa shape index (κ3) is 3.26. The van der Waals surface area contributed by atoms with Crippen molar-refractivity contribution in [1.29, 1.82) is 0 Å². The molecule has 0 N–H and O–H groups in total. The van der Waals surface area contributed by atoms with Gasteiger partial charge in [0.1, 0.15) is 5.75 Å². The number of methoxy groups -OCH3 is 1. The van der Waals surface area contributed by atoms with Gasteiger partial charge in [-0.05, 0) is 99.6 Å². The van der Waals surface area contributed by atoms with Crippen LogP contribution >= 0.6 is 0 Å². The fourth-order valence-electron chi connectivity index (χ4n) is 5.16. The fraction of sp³-hybridized carbons (Fsp3) is 0.636. The van der Waals surface area contributed by atoms with E-state index in [0.717, 1.165) is 17.6 Å². The molecule has 2 unspecified atom stereocenters. The SMILES string of the molecule is COc1ccc2c(c1)CCCC2N1CCC(C2C=CCCC2)CC1. The zero-order chi connectivity index (χ0) is 16.4. The zero-order valence-electron chi connectivity index (χ0n) is 15.0.